The maximum absolute atomic E-state index is 12.0. The van der Waals surface area contributed by atoms with Gasteiger partial charge in [0.1, 0.15) is 6.61 Å². The summed E-state index contributed by atoms with van der Waals surface area (Å²) in [5.74, 6) is -0.748. The van der Waals surface area contributed by atoms with E-state index in [0.717, 1.165) is 0 Å². The number of nitro benzene ring substituents is 1. The highest BCUT2D eigenvalue weighted by atomic mass is 16.6. The predicted octanol–water partition coefficient (Wildman–Crippen LogP) is 3.76. The van der Waals surface area contributed by atoms with Gasteiger partial charge in [0.05, 0.1) is 22.7 Å². The lowest BCUT2D eigenvalue weighted by atomic mass is 10.1. The molecule has 0 radical (unpaired) electrons. The molecular formula is C19H19NO6. The van der Waals surface area contributed by atoms with Crippen LogP contribution >= 0.6 is 0 Å². The lowest BCUT2D eigenvalue weighted by Crippen LogP contribution is -2.11. The molecule has 0 saturated carbocycles. The van der Waals surface area contributed by atoms with E-state index in [9.17, 15) is 19.7 Å². The van der Waals surface area contributed by atoms with Gasteiger partial charge >= 0.3 is 11.9 Å². The molecule has 0 fully saturated rings. The zero-order chi connectivity index (χ0) is 19.1. The molecule has 0 aromatic heterocycles. The van der Waals surface area contributed by atoms with Gasteiger partial charge in [-0.15, -0.1) is 0 Å². The van der Waals surface area contributed by atoms with E-state index in [0.29, 0.717) is 23.3 Å². The number of hydrogen-bond donors (Lipinski definition) is 0. The second-order valence-electron chi connectivity index (χ2n) is 6.07. The molecule has 2 rings (SSSR count). The summed E-state index contributed by atoms with van der Waals surface area (Å²) in [5, 5.41) is 10.6. The van der Waals surface area contributed by atoms with Crippen molar-refractivity contribution in [2.24, 2.45) is 5.92 Å². The van der Waals surface area contributed by atoms with Gasteiger partial charge in [0.15, 0.2) is 0 Å². The minimum Gasteiger partial charge on any atom is -0.462 e. The van der Waals surface area contributed by atoms with Gasteiger partial charge in [0.25, 0.3) is 5.69 Å². The molecule has 0 aliphatic carbocycles. The van der Waals surface area contributed by atoms with Crippen molar-refractivity contribution in [3.8, 4) is 0 Å². The van der Waals surface area contributed by atoms with Crippen LogP contribution in [0.25, 0.3) is 0 Å². The maximum atomic E-state index is 12.0. The Bertz CT molecular complexity index is 781. The summed E-state index contributed by atoms with van der Waals surface area (Å²) in [6.07, 6.45) is 0. The summed E-state index contributed by atoms with van der Waals surface area (Å²) in [6.45, 7) is 4.21. The van der Waals surface area contributed by atoms with Crippen LogP contribution in [0, 0.1) is 16.0 Å². The average Bonchev–Trinajstić information content (AvgIpc) is 2.64. The first kappa shape index (κ1) is 19.1. The number of carbonyl (C=O) groups excluding carboxylic acids is 2. The quantitative estimate of drug-likeness (QED) is 0.425. The van der Waals surface area contributed by atoms with Crippen molar-refractivity contribution in [2.75, 3.05) is 6.61 Å². The van der Waals surface area contributed by atoms with Crippen LogP contribution in [0.5, 0.6) is 0 Å². The number of nitro groups is 1. The zero-order valence-corrected chi connectivity index (χ0v) is 14.5. The van der Waals surface area contributed by atoms with E-state index in [4.69, 9.17) is 9.47 Å². The van der Waals surface area contributed by atoms with Crippen LogP contribution in [0.2, 0.25) is 0 Å². The van der Waals surface area contributed by atoms with Gasteiger partial charge in [0, 0.05) is 12.1 Å². The molecule has 136 valence electrons. The number of esters is 2. The van der Waals surface area contributed by atoms with Gasteiger partial charge in [-0.05, 0) is 47.9 Å². The number of benzene rings is 2. The van der Waals surface area contributed by atoms with E-state index in [1.165, 1.54) is 48.5 Å². The van der Waals surface area contributed by atoms with Gasteiger partial charge in [-0.3, -0.25) is 10.1 Å². The van der Waals surface area contributed by atoms with Crippen molar-refractivity contribution in [3.63, 3.8) is 0 Å². The molecule has 0 heterocycles. The number of nitrogens with zero attached hydrogens (tertiary/aromatic N) is 1. The normalized spacial score (nSPS) is 10.4. The third-order valence-corrected chi connectivity index (χ3v) is 3.42. The molecule has 26 heavy (non-hydrogen) atoms. The highest BCUT2D eigenvalue weighted by Crippen LogP contribution is 2.14. The number of non-ortho nitro benzene ring substituents is 1. The fourth-order valence-electron chi connectivity index (χ4n) is 2.01. The van der Waals surface area contributed by atoms with E-state index >= 15 is 0 Å². The number of carbonyl (C=O) groups is 2. The van der Waals surface area contributed by atoms with Crippen molar-refractivity contribution >= 4 is 17.6 Å². The molecule has 0 unspecified atom stereocenters. The average molecular weight is 357 g/mol. The second kappa shape index (κ2) is 8.75. The standard InChI is InChI=1S/C19H19NO6/c1-13(2)11-25-18(21)15-5-7-16(8-6-15)19(22)26-12-14-3-9-17(10-4-14)20(23)24/h3-10,13H,11-12H2,1-2H3. The maximum Gasteiger partial charge on any atom is 0.338 e. The molecule has 0 atom stereocenters. The Morgan fingerprint density at radius 3 is 1.88 bits per heavy atom. The second-order valence-corrected chi connectivity index (χ2v) is 6.07. The Labute approximate surface area is 150 Å². The Morgan fingerprint density at radius 2 is 1.42 bits per heavy atom. The Balaban J connectivity index is 1.91. The van der Waals surface area contributed by atoms with Crippen LogP contribution in [0.4, 0.5) is 5.69 Å². The molecule has 0 bridgehead atoms. The fourth-order valence-corrected chi connectivity index (χ4v) is 2.01. The number of rotatable bonds is 7. The first-order valence-corrected chi connectivity index (χ1v) is 8.04. The zero-order valence-electron chi connectivity index (χ0n) is 14.5. The van der Waals surface area contributed by atoms with E-state index in [-0.39, 0.29) is 18.2 Å². The molecule has 0 saturated heterocycles. The van der Waals surface area contributed by atoms with Gasteiger partial charge in [-0.25, -0.2) is 9.59 Å². The molecule has 0 spiro atoms. The Morgan fingerprint density at radius 1 is 0.923 bits per heavy atom. The van der Waals surface area contributed by atoms with Crippen molar-refractivity contribution in [3.05, 3.63) is 75.3 Å². The molecule has 7 nitrogen and oxygen atoms in total. The molecule has 0 aliphatic rings. The van der Waals surface area contributed by atoms with Crippen LogP contribution in [0.15, 0.2) is 48.5 Å². The highest BCUT2D eigenvalue weighted by Gasteiger charge is 2.12. The van der Waals surface area contributed by atoms with Gasteiger partial charge in [0.2, 0.25) is 0 Å². The minimum absolute atomic E-state index is 0.00495. The molecule has 2 aromatic carbocycles. The van der Waals surface area contributed by atoms with Crippen LogP contribution in [0.1, 0.15) is 40.1 Å². The van der Waals surface area contributed by atoms with Crippen LogP contribution < -0.4 is 0 Å². The first-order valence-electron chi connectivity index (χ1n) is 8.04. The third-order valence-electron chi connectivity index (χ3n) is 3.42. The summed E-state index contributed by atoms with van der Waals surface area (Å²) in [5.41, 5.74) is 1.27. The van der Waals surface area contributed by atoms with E-state index < -0.39 is 16.9 Å². The van der Waals surface area contributed by atoms with Crippen molar-refractivity contribution < 1.29 is 24.0 Å². The summed E-state index contributed by atoms with van der Waals surface area (Å²) in [6, 6.07) is 11.7. The van der Waals surface area contributed by atoms with Crippen molar-refractivity contribution in [2.45, 2.75) is 20.5 Å². The highest BCUT2D eigenvalue weighted by molar-refractivity contribution is 5.93. The smallest absolute Gasteiger partial charge is 0.338 e. The molecule has 0 amide bonds. The van der Waals surface area contributed by atoms with Crippen molar-refractivity contribution in [1.29, 1.82) is 0 Å². The minimum atomic E-state index is -0.551. The molecular weight excluding hydrogens is 338 g/mol. The Kier molecular flexibility index (Phi) is 6.43. The largest absolute Gasteiger partial charge is 0.462 e. The number of hydrogen-bond acceptors (Lipinski definition) is 6. The monoisotopic (exact) mass is 357 g/mol. The van der Waals surface area contributed by atoms with E-state index in [1.54, 1.807) is 0 Å². The lowest BCUT2D eigenvalue weighted by molar-refractivity contribution is -0.384. The SMILES string of the molecule is CC(C)COC(=O)c1ccc(C(=O)OCc2ccc([N+](=O)[O-])cc2)cc1. The first-order chi connectivity index (χ1) is 12.4. The summed E-state index contributed by atoms with van der Waals surface area (Å²) < 4.78 is 10.3. The van der Waals surface area contributed by atoms with Crippen LogP contribution in [0.3, 0.4) is 0 Å². The van der Waals surface area contributed by atoms with Gasteiger partial charge < -0.3 is 9.47 Å². The van der Waals surface area contributed by atoms with Crippen LogP contribution in [-0.2, 0) is 16.1 Å². The summed E-state index contributed by atoms with van der Waals surface area (Å²) >= 11 is 0. The molecule has 0 aliphatic heterocycles. The fraction of sp³-hybridized carbons (Fsp3) is 0.263. The molecule has 7 heteroatoms. The third kappa shape index (κ3) is 5.41. The summed E-state index contributed by atoms with van der Waals surface area (Å²) in [7, 11) is 0. The van der Waals surface area contributed by atoms with Gasteiger partial charge in [-0.2, -0.15) is 0 Å². The predicted molar refractivity (Wildman–Crippen MR) is 93.8 cm³/mol. The number of ether oxygens (including phenoxy) is 2. The van der Waals surface area contributed by atoms with E-state index in [2.05, 4.69) is 0 Å². The summed E-state index contributed by atoms with van der Waals surface area (Å²) in [4.78, 5) is 34.0. The lowest BCUT2D eigenvalue weighted by Gasteiger charge is -2.08. The molecule has 0 N–H and O–H groups in total. The van der Waals surface area contributed by atoms with Gasteiger partial charge in [-0.1, -0.05) is 13.8 Å². The topological polar surface area (TPSA) is 95.7 Å². The van der Waals surface area contributed by atoms with Crippen molar-refractivity contribution in [1.82, 2.24) is 0 Å². The Hall–Kier alpha value is -3.22. The molecule has 2 aromatic rings. The van der Waals surface area contributed by atoms with E-state index in [1.807, 2.05) is 13.8 Å². The van der Waals surface area contributed by atoms with Crippen LogP contribution in [-0.4, -0.2) is 23.5 Å².